The third-order valence-corrected chi connectivity index (χ3v) is 4.45. The summed E-state index contributed by atoms with van der Waals surface area (Å²) in [6.45, 7) is 2.68. The average molecular weight is 341 g/mol. The lowest BCUT2D eigenvalue weighted by Crippen LogP contribution is -2.38. The van der Waals surface area contributed by atoms with Gasteiger partial charge in [-0.15, -0.1) is 0 Å². The highest BCUT2D eigenvalue weighted by molar-refractivity contribution is 9.10. The van der Waals surface area contributed by atoms with Crippen LogP contribution in [0.25, 0.3) is 0 Å². The Kier molecular flexibility index (Phi) is 4.04. The first-order valence-corrected chi connectivity index (χ1v) is 7.09. The van der Waals surface area contributed by atoms with Gasteiger partial charge < -0.3 is 15.4 Å². The van der Waals surface area contributed by atoms with Gasteiger partial charge in [0.2, 0.25) is 5.91 Å². The normalized spacial score (nSPS) is 21.9. The number of nitrogens with zero attached hydrogens (tertiary/aromatic N) is 1. The number of hydrogen-bond donors (Lipinski definition) is 1. The molecular weight excluding hydrogens is 324 g/mol. The van der Waals surface area contributed by atoms with Gasteiger partial charge in [0.05, 0.1) is 18.1 Å². The van der Waals surface area contributed by atoms with Crippen molar-refractivity contribution in [2.75, 3.05) is 20.2 Å². The van der Waals surface area contributed by atoms with Crippen molar-refractivity contribution in [1.29, 1.82) is 0 Å². The lowest BCUT2D eigenvalue weighted by atomic mass is 9.89. The molecule has 1 heterocycles. The molecule has 0 bridgehead atoms. The predicted octanol–water partition coefficient (Wildman–Crippen LogP) is 1.80. The molecular formula is C14H17BrN2O3. The molecule has 108 valence electrons. The number of nitrogens with two attached hydrogens (primary N) is 1. The molecule has 1 fully saturated rings. The van der Waals surface area contributed by atoms with Gasteiger partial charge in [-0.25, -0.2) is 0 Å². The lowest BCUT2D eigenvalue weighted by Gasteiger charge is -2.21. The molecule has 6 heteroatoms. The van der Waals surface area contributed by atoms with Gasteiger partial charge in [-0.2, -0.15) is 0 Å². The van der Waals surface area contributed by atoms with E-state index < -0.39 is 5.41 Å². The van der Waals surface area contributed by atoms with Crippen molar-refractivity contribution in [3.63, 3.8) is 0 Å². The largest absolute Gasteiger partial charge is 0.497 e. The average Bonchev–Trinajstić information content (AvgIpc) is 2.83. The van der Waals surface area contributed by atoms with Gasteiger partial charge in [0.15, 0.2) is 0 Å². The Hall–Kier alpha value is -1.56. The number of benzene rings is 1. The first kappa shape index (κ1) is 14.8. The van der Waals surface area contributed by atoms with Crippen molar-refractivity contribution in [2.24, 2.45) is 11.1 Å². The summed E-state index contributed by atoms with van der Waals surface area (Å²) >= 11 is 3.37. The molecule has 2 rings (SSSR count). The molecule has 20 heavy (non-hydrogen) atoms. The summed E-state index contributed by atoms with van der Waals surface area (Å²) in [6.07, 6.45) is 0.593. The molecule has 1 unspecified atom stereocenters. The Morgan fingerprint density at radius 1 is 1.45 bits per heavy atom. The van der Waals surface area contributed by atoms with Crippen molar-refractivity contribution in [3.8, 4) is 5.75 Å². The quantitative estimate of drug-likeness (QED) is 0.911. The number of carbonyl (C=O) groups is 2. The third kappa shape index (κ3) is 2.65. The number of primary amides is 1. The van der Waals surface area contributed by atoms with Crippen molar-refractivity contribution in [2.45, 2.75) is 13.3 Å². The summed E-state index contributed by atoms with van der Waals surface area (Å²) in [5.74, 6) is 0.131. The van der Waals surface area contributed by atoms with E-state index >= 15 is 0 Å². The van der Waals surface area contributed by atoms with Crippen LogP contribution in [0.2, 0.25) is 0 Å². The van der Waals surface area contributed by atoms with Crippen LogP contribution >= 0.6 is 15.9 Å². The predicted molar refractivity (Wildman–Crippen MR) is 78.5 cm³/mol. The molecule has 1 aliphatic heterocycles. The SMILES string of the molecule is COc1ccc(Br)c(C(=O)N2CCC(C)(C(N)=O)C2)c1. The van der Waals surface area contributed by atoms with Gasteiger partial charge in [0, 0.05) is 17.6 Å². The van der Waals surface area contributed by atoms with Crippen LogP contribution in [-0.2, 0) is 4.79 Å². The summed E-state index contributed by atoms with van der Waals surface area (Å²) in [5.41, 5.74) is 5.29. The highest BCUT2D eigenvalue weighted by Gasteiger charge is 2.41. The summed E-state index contributed by atoms with van der Waals surface area (Å²) in [6, 6.07) is 5.24. The number of methoxy groups -OCH3 is 1. The summed E-state index contributed by atoms with van der Waals surface area (Å²) < 4.78 is 5.84. The maximum atomic E-state index is 12.5. The molecule has 2 amide bonds. The Labute approximate surface area is 126 Å². The molecule has 0 saturated carbocycles. The minimum absolute atomic E-state index is 0.124. The zero-order chi connectivity index (χ0) is 14.9. The van der Waals surface area contributed by atoms with Crippen LogP contribution < -0.4 is 10.5 Å². The van der Waals surface area contributed by atoms with Crippen molar-refractivity contribution in [3.05, 3.63) is 28.2 Å². The molecule has 0 radical (unpaired) electrons. The topological polar surface area (TPSA) is 72.6 Å². The molecule has 0 aliphatic carbocycles. The van der Waals surface area contributed by atoms with Crippen LogP contribution in [0.5, 0.6) is 5.75 Å². The number of amides is 2. The van der Waals surface area contributed by atoms with Gasteiger partial charge >= 0.3 is 0 Å². The van der Waals surface area contributed by atoms with E-state index in [1.165, 1.54) is 0 Å². The van der Waals surface area contributed by atoms with E-state index in [1.54, 1.807) is 37.1 Å². The molecule has 5 nitrogen and oxygen atoms in total. The second-order valence-corrected chi connectivity index (χ2v) is 6.10. The molecule has 1 aromatic carbocycles. The fourth-order valence-electron chi connectivity index (χ4n) is 2.30. The maximum Gasteiger partial charge on any atom is 0.255 e. The number of hydrogen-bond acceptors (Lipinski definition) is 3. The van der Waals surface area contributed by atoms with Crippen LogP contribution in [0.4, 0.5) is 0 Å². The minimum atomic E-state index is -0.638. The van der Waals surface area contributed by atoms with Crippen LogP contribution in [-0.4, -0.2) is 36.9 Å². The second-order valence-electron chi connectivity index (χ2n) is 5.25. The molecule has 1 atom stereocenters. The number of carbonyl (C=O) groups excluding carboxylic acids is 2. The van der Waals surface area contributed by atoms with Gasteiger partial charge in [-0.05, 0) is 47.5 Å². The maximum absolute atomic E-state index is 12.5. The van der Waals surface area contributed by atoms with E-state index in [9.17, 15) is 9.59 Å². The van der Waals surface area contributed by atoms with Crippen LogP contribution in [0, 0.1) is 5.41 Å². The van der Waals surface area contributed by atoms with Crippen LogP contribution in [0.3, 0.4) is 0 Å². The zero-order valence-corrected chi connectivity index (χ0v) is 13.1. The Morgan fingerprint density at radius 2 is 2.15 bits per heavy atom. The molecule has 0 spiro atoms. The Balaban J connectivity index is 2.23. The minimum Gasteiger partial charge on any atom is -0.497 e. The van der Waals surface area contributed by atoms with E-state index in [-0.39, 0.29) is 11.8 Å². The fourth-order valence-corrected chi connectivity index (χ4v) is 2.72. The first-order chi connectivity index (χ1) is 9.37. The summed E-state index contributed by atoms with van der Waals surface area (Å²) in [4.78, 5) is 25.6. The van der Waals surface area contributed by atoms with E-state index in [0.29, 0.717) is 35.3 Å². The summed E-state index contributed by atoms with van der Waals surface area (Å²) in [7, 11) is 1.55. The van der Waals surface area contributed by atoms with E-state index in [1.807, 2.05) is 0 Å². The monoisotopic (exact) mass is 340 g/mol. The van der Waals surface area contributed by atoms with E-state index in [0.717, 1.165) is 0 Å². The standard InChI is InChI=1S/C14H17BrN2O3/c1-14(13(16)19)5-6-17(8-14)12(18)10-7-9(20-2)3-4-11(10)15/h3-4,7H,5-6,8H2,1-2H3,(H2,16,19). The highest BCUT2D eigenvalue weighted by Crippen LogP contribution is 2.32. The molecule has 1 aliphatic rings. The van der Waals surface area contributed by atoms with Crippen LogP contribution in [0.15, 0.2) is 22.7 Å². The van der Waals surface area contributed by atoms with Gasteiger partial charge in [-0.1, -0.05) is 0 Å². The fraction of sp³-hybridized carbons (Fsp3) is 0.429. The van der Waals surface area contributed by atoms with E-state index in [4.69, 9.17) is 10.5 Å². The molecule has 0 aromatic heterocycles. The van der Waals surface area contributed by atoms with E-state index in [2.05, 4.69) is 15.9 Å². The highest BCUT2D eigenvalue weighted by atomic mass is 79.9. The number of ether oxygens (including phenoxy) is 1. The lowest BCUT2D eigenvalue weighted by molar-refractivity contribution is -0.126. The number of likely N-dealkylation sites (tertiary alicyclic amines) is 1. The van der Waals surface area contributed by atoms with Crippen LogP contribution in [0.1, 0.15) is 23.7 Å². The molecule has 1 saturated heterocycles. The van der Waals surface area contributed by atoms with Crippen molar-refractivity contribution >= 4 is 27.7 Å². The first-order valence-electron chi connectivity index (χ1n) is 6.30. The van der Waals surface area contributed by atoms with Gasteiger partial charge in [0.25, 0.3) is 5.91 Å². The number of rotatable bonds is 3. The Bertz CT molecular complexity index is 561. The summed E-state index contributed by atoms with van der Waals surface area (Å²) in [5, 5.41) is 0. The zero-order valence-electron chi connectivity index (χ0n) is 11.5. The number of halogens is 1. The smallest absolute Gasteiger partial charge is 0.255 e. The van der Waals surface area contributed by atoms with Gasteiger partial charge in [0.1, 0.15) is 5.75 Å². The molecule has 1 aromatic rings. The molecule has 2 N–H and O–H groups in total. The second kappa shape index (κ2) is 5.44. The third-order valence-electron chi connectivity index (χ3n) is 3.76. The van der Waals surface area contributed by atoms with Crippen molar-refractivity contribution < 1.29 is 14.3 Å². The Morgan fingerprint density at radius 3 is 2.70 bits per heavy atom. The van der Waals surface area contributed by atoms with Gasteiger partial charge in [-0.3, -0.25) is 9.59 Å². The van der Waals surface area contributed by atoms with Crippen molar-refractivity contribution in [1.82, 2.24) is 4.90 Å².